The van der Waals surface area contributed by atoms with E-state index in [4.69, 9.17) is 15.2 Å². The summed E-state index contributed by atoms with van der Waals surface area (Å²) in [6.45, 7) is 3.98. The van der Waals surface area contributed by atoms with Gasteiger partial charge in [-0.05, 0) is 43.1 Å². The molecule has 152 valence electrons. The van der Waals surface area contributed by atoms with Crippen molar-refractivity contribution in [3.8, 4) is 11.5 Å². The second kappa shape index (κ2) is 8.53. The summed E-state index contributed by atoms with van der Waals surface area (Å²) in [5.41, 5.74) is 9.48. The number of hydrogen-bond acceptors (Lipinski definition) is 7. The molecule has 2 heterocycles. The Morgan fingerprint density at radius 3 is 2.41 bits per heavy atom. The van der Waals surface area contributed by atoms with Gasteiger partial charge in [-0.25, -0.2) is 4.98 Å². The van der Waals surface area contributed by atoms with Gasteiger partial charge in [0.25, 0.3) is 0 Å². The minimum atomic E-state index is 0.406. The van der Waals surface area contributed by atoms with Crippen molar-refractivity contribution in [2.45, 2.75) is 25.9 Å². The van der Waals surface area contributed by atoms with Crippen LogP contribution in [0, 0.1) is 0 Å². The van der Waals surface area contributed by atoms with Crippen LogP contribution in [0.15, 0.2) is 36.4 Å². The summed E-state index contributed by atoms with van der Waals surface area (Å²) >= 11 is 0. The topological polar surface area (TPSA) is 85.5 Å². The number of nitrogens with one attached hydrogen (secondary N) is 1. The molecule has 7 heteroatoms. The van der Waals surface area contributed by atoms with Crippen molar-refractivity contribution in [1.82, 2.24) is 14.9 Å². The van der Waals surface area contributed by atoms with Gasteiger partial charge in [0.15, 0.2) is 11.5 Å². The molecule has 1 fully saturated rings. The molecule has 1 saturated heterocycles. The van der Waals surface area contributed by atoms with Gasteiger partial charge in [-0.15, -0.1) is 0 Å². The Morgan fingerprint density at radius 1 is 1.00 bits per heavy atom. The van der Waals surface area contributed by atoms with Gasteiger partial charge in [-0.2, -0.15) is 4.98 Å². The molecule has 1 aliphatic heterocycles. The monoisotopic (exact) mass is 393 g/mol. The zero-order chi connectivity index (χ0) is 20.2. The van der Waals surface area contributed by atoms with E-state index in [9.17, 15) is 0 Å². The minimum Gasteiger partial charge on any atom is -0.493 e. The number of methoxy groups -OCH3 is 2. The summed E-state index contributed by atoms with van der Waals surface area (Å²) < 4.78 is 10.7. The quantitative estimate of drug-likeness (QED) is 0.636. The van der Waals surface area contributed by atoms with Crippen molar-refractivity contribution >= 4 is 22.7 Å². The molecule has 3 aromatic rings. The van der Waals surface area contributed by atoms with Crippen LogP contribution < -0.4 is 20.5 Å². The number of rotatable bonds is 7. The van der Waals surface area contributed by atoms with Crippen LogP contribution >= 0.6 is 0 Å². The number of aromatic nitrogens is 2. The van der Waals surface area contributed by atoms with Crippen LogP contribution in [-0.2, 0) is 13.1 Å². The number of fused-ring (bicyclic) bond motifs is 1. The first kappa shape index (κ1) is 19.3. The van der Waals surface area contributed by atoms with E-state index in [-0.39, 0.29) is 0 Å². The maximum atomic E-state index is 6.19. The van der Waals surface area contributed by atoms with Gasteiger partial charge in [0, 0.05) is 24.5 Å². The minimum absolute atomic E-state index is 0.406. The second-order valence-electron chi connectivity index (χ2n) is 7.26. The zero-order valence-corrected chi connectivity index (χ0v) is 16.9. The van der Waals surface area contributed by atoms with Crippen molar-refractivity contribution < 1.29 is 9.47 Å². The Labute approximate surface area is 170 Å². The molecule has 29 heavy (non-hydrogen) atoms. The Balaban J connectivity index is 1.55. The zero-order valence-electron chi connectivity index (χ0n) is 16.9. The number of nitrogen functional groups attached to an aromatic ring is 1. The van der Waals surface area contributed by atoms with E-state index in [1.54, 1.807) is 20.3 Å². The van der Waals surface area contributed by atoms with Crippen LogP contribution in [0.3, 0.4) is 0 Å². The summed E-state index contributed by atoms with van der Waals surface area (Å²) in [7, 11) is 3.20. The van der Waals surface area contributed by atoms with Gasteiger partial charge in [0.05, 0.1) is 19.7 Å². The van der Waals surface area contributed by atoms with Crippen LogP contribution in [0.1, 0.15) is 24.0 Å². The molecular weight excluding hydrogens is 366 g/mol. The predicted octanol–water partition coefficient (Wildman–Crippen LogP) is 3.44. The molecule has 0 spiro atoms. The summed E-state index contributed by atoms with van der Waals surface area (Å²) in [6.07, 6.45) is 2.58. The molecule has 2 aromatic carbocycles. The standard InChI is InChI=1S/C22H27N5O2/c1-28-19-11-17-18(12-20(19)29-2)25-22(26-21(17)23)24-13-15-7-3-4-8-16(15)14-27-9-5-6-10-27/h3-4,7-8,11-12H,5-6,9-10,13-14H2,1-2H3,(H3,23,24,25,26). The van der Waals surface area contributed by atoms with E-state index in [0.717, 1.165) is 11.9 Å². The largest absolute Gasteiger partial charge is 0.493 e. The molecule has 4 rings (SSSR count). The van der Waals surface area contributed by atoms with E-state index in [2.05, 4.69) is 44.5 Å². The number of nitrogens with zero attached hydrogens (tertiary/aromatic N) is 3. The highest BCUT2D eigenvalue weighted by Crippen LogP contribution is 2.33. The van der Waals surface area contributed by atoms with Crippen molar-refractivity contribution in [3.05, 3.63) is 47.5 Å². The lowest BCUT2D eigenvalue weighted by Gasteiger charge is -2.18. The van der Waals surface area contributed by atoms with Gasteiger partial charge in [-0.1, -0.05) is 24.3 Å². The van der Waals surface area contributed by atoms with E-state index in [0.29, 0.717) is 35.3 Å². The van der Waals surface area contributed by atoms with E-state index >= 15 is 0 Å². The SMILES string of the molecule is COc1cc2nc(NCc3ccccc3CN3CCCC3)nc(N)c2cc1OC. The Bertz CT molecular complexity index is 1000. The smallest absolute Gasteiger partial charge is 0.225 e. The molecule has 3 N–H and O–H groups in total. The molecule has 1 aromatic heterocycles. The lowest BCUT2D eigenvalue weighted by molar-refractivity contribution is 0.330. The number of anilines is 2. The van der Waals surface area contributed by atoms with Gasteiger partial charge in [0.1, 0.15) is 5.82 Å². The molecule has 0 bridgehead atoms. The van der Waals surface area contributed by atoms with Crippen molar-refractivity contribution in [3.63, 3.8) is 0 Å². The maximum Gasteiger partial charge on any atom is 0.225 e. The Hall–Kier alpha value is -3.06. The third-order valence-electron chi connectivity index (χ3n) is 5.38. The third-order valence-corrected chi connectivity index (χ3v) is 5.38. The molecule has 0 unspecified atom stereocenters. The maximum absolute atomic E-state index is 6.19. The molecule has 1 aliphatic rings. The Morgan fingerprint density at radius 2 is 1.69 bits per heavy atom. The van der Waals surface area contributed by atoms with Crippen LogP contribution in [0.4, 0.5) is 11.8 Å². The average molecular weight is 393 g/mol. The first-order valence-electron chi connectivity index (χ1n) is 9.90. The predicted molar refractivity (Wildman–Crippen MR) is 115 cm³/mol. The van der Waals surface area contributed by atoms with Gasteiger partial charge >= 0.3 is 0 Å². The molecule has 0 atom stereocenters. The summed E-state index contributed by atoms with van der Waals surface area (Å²) in [5, 5.41) is 4.07. The van der Waals surface area contributed by atoms with Crippen LogP contribution in [0.2, 0.25) is 0 Å². The fraction of sp³-hybridized carbons (Fsp3) is 0.364. The highest BCUT2D eigenvalue weighted by Gasteiger charge is 2.14. The van der Waals surface area contributed by atoms with Crippen molar-refractivity contribution in [1.29, 1.82) is 0 Å². The third kappa shape index (κ3) is 4.19. The number of benzene rings is 2. The first-order chi connectivity index (χ1) is 14.2. The number of nitrogens with two attached hydrogens (primary N) is 1. The van der Waals surface area contributed by atoms with Gasteiger partial charge in [-0.3, -0.25) is 4.90 Å². The first-order valence-corrected chi connectivity index (χ1v) is 9.90. The molecule has 0 aliphatic carbocycles. The molecular formula is C22H27N5O2. The lowest BCUT2D eigenvalue weighted by Crippen LogP contribution is -2.19. The molecule has 0 radical (unpaired) electrons. The molecule has 0 amide bonds. The fourth-order valence-electron chi connectivity index (χ4n) is 3.80. The number of ether oxygens (including phenoxy) is 2. The summed E-state index contributed by atoms with van der Waals surface area (Å²) in [5.74, 6) is 2.12. The van der Waals surface area contributed by atoms with E-state index in [1.807, 2.05) is 6.07 Å². The second-order valence-corrected chi connectivity index (χ2v) is 7.26. The van der Waals surface area contributed by atoms with Crippen LogP contribution in [0.5, 0.6) is 11.5 Å². The number of hydrogen-bond donors (Lipinski definition) is 2. The normalized spacial score (nSPS) is 14.3. The van der Waals surface area contributed by atoms with Crippen LogP contribution in [-0.4, -0.2) is 42.2 Å². The van der Waals surface area contributed by atoms with Gasteiger partial charge in [0.2, 0.25) is 5.95 Å². The average Bonchev–Trinajstić information content (AvgIpc) is 3.25. The molecule has 7 nitrogen and oxygen atoms in total. The van der Waals surface area contributed by atoms with Crippen molar-refractivity contribution in [2.75, 3.05) is 38.4 Å². The lowest BCUT2D eigenvalue weighted by atomic mass is 10.1. The van der Waals surface area contributed by atoms with Crippen molar-refractivity contribution in [2.24, 2.45) is 0 Å². The Kier molecular flexibility index (Phi) is 5.67. The van der Waals surface area contributed by atoms with Gasteiger partial charge < -0.3 is 20.5 Å². The molecule has 0 saturated carbocycles. The fourth-order valence-corrected chi connectivity index (χ4v) is 3.80. The van der Waals surface area contributed by atoms with E-state index < -0.39 is 0 Å². The number of likely N-dealkylation sites (tertiary alicyclic amines) is 1. The summed E-state index contributed by atoms with van der Waals surface area (Å²) in [6, 6.07) is 12.1. The highest BCUT2D eigenvalue weighted by atomic mass is 16.5. The highest BCUT2D eigenvalue weighted by molar-refractivity contribution is 5.91. The van der Waals surface area contributed by atoms with E-state index in [1.165, 1.54) is 37.1 Å². The summed E-state index contributed by atoms with van der Waals surface area (Å²) in [4.78, 5) is 11.6. The van der Waals surface area contributed by atoms with Crippen LogP contribution in [0.25, 0.3) is 10.9 Å².